The summed E-state index contributed by atoms with van der Waals surface area (Å²) in [6.45, 7) is 2.33. The van der Waals surface area contributed by atoms with E-state index in [-0.39, 0.29) is 18.8 Å². The zero-order chi connectivity index (χ0) is 11.5. The molecule has 15 heavy (non-hydrogen) atoms. The normalized spacial score (nSPS) is 19.9. The number of rotatable bonds is 3. The lowest BCUT2D eigenvalue weighted by Crippen LogP contribution is -2.53. The Hall–Kier alpha value is -0.980. The van der Waals surface area contributed by atoms with E-state index in [1.165, 1.54) is 0 Å². The molecule has 0 atom stereocenters. The van der Waals surface area contributed by atoms with Crippen LogP contribution in [0.25, 0.3) is 0 Å². The molecule has 0 heterocycles. The molecule has 0 aromatic heterocycles. The molecule has 0 amide bonds. The van der Waals surface area contributed by atoms with Crippen molar-refractivity contribution in [2.75, 3.05) is 6.54 Å². The van der Waals surface area contributed by atoms with E-state index in [0.29, 0.717) is 6.54 Å². The number of aliphatic imine (C=N–C) groups is 1. The lowest BCUT2D eigenvalue weighted by Gasteiger charge is -2.22. The maximum absolute atomic E-state index is 12.5. The molecule has 0 radical (unpaired) electrons. The van der Waals surface area contributed by atoms with Gasteiger partial charge in [0.2, 0.25) is 5.96 Å². The van der Waals surface area contributed by atoms with Gasteiger partial charge >= 0.3 is 6.18 Å². The molecule has 1 aliphatic rings. The molecule has 0 aliphatic heterocycles. The molecule has 0 unspecified atom stereocenters. The molecule has 0 saturated heterocycles. The lowest BCUT2D eigenvalue weighted by atomic mass is 10.2. The Morgan fingerprint density at radius 3 is 2.40 bits per heavy atom. The van der Waals surface area contributed by atoms with E-state index in [1.54, 1.807) is 0 Å². The minimum atomic E-state index is -4.25. The van der Waals surface area contributed by atoms with Crippen LogP contribution in [0.3, 0.4) is 0 Å². The summed E-state index contributed by atoms with van der Waals surface area (Å²) < 4.78 is 37.6. The van der Waals surface area contributed by atoms with Crippen molar-refractivity contribution in [2.24, 2.45) is 10.8 Å². The summed E-state index contributed by atoms with van der Waals surface area (Å²) in [5.74, 6) is 5.09. The Labute approximate surface area is 86.1 Å². The van der Waals surface area contributed by atoms with Crippen molar-refractivity contribution in [3.63, 3.8) is 0 Å². The van der Waals surface area contributed by atoms with Crippen LogP contribution in [0.15, 0.2) is 4.99 Å². The molecule has 1 rings (SSSR count). The van der Waals surface area contributed by atoms with Gasteiger partial charge in [-0.05, 0) is 19.3 Å². The summed E-state index contributed by atoms with van der Waals surface area (Å²) in [5.41, 5.74) is 0.330. The molecule has 0 spiro atoms. The minimum absolute atomic E-state index is 0.00618. The standard InChI is InChI=1S/C8H15F3N4/c1-2-5-13-6(15-12)14-7(3-4-7)8(9,10)11/h2-5,12H2,1H3,(H2,13,14,15). The van der Waals surface area contributed by atoms with Crippen molar-refractivity contribution < 1.29 is 13.2 Å². The average molecular weight is 224 g/mol. The predicted molar refractivity (Wildman–Crippen MR) is 51.1 cm³/mol. The monoisotopic (exact) mass is 224 g/mol. The molecule has 0 bridgehead atoms. The number of nitrogens with one attached hydrogen (secondary N) is 2. The van der Waals surface area contributed by atoms with Gasteiger partial charge in [0.15, 0.2) is 0 Å². The van der Waals surface area contributed by atoms with Crippen molar-refractivity contribution in [3.05, 3.63) is 0 Å². The number of hydrogen-bond acceptors (Lipinski definition) is 2. The highest BCUT2D eigenvalue weighted by molar-refractivity contribution is 5.80. The van der Waals surface area contributed by atoms with Crippen molar-refractivity contribution in [1.82, 2.24) is 10.7 Å². The van der Waals surface area contributed by atoms with Gasteiger partial charge in [-0.1, -0.05) is 6.92 Å². The van der Waals surface area contributed by atoms with E-state index in [9.17, 15) is 13.2 Å². The molecule has 1 aliphatic carbocycles. The third-order valence-electron chi connectivity index (χ3n) is 2.28. The third-order valence-corrected chi connectivity index (χ3v) is 2.28. The zero-order valence-electron chi connectivity index (χ0n) is 8.49. The van der Waals surface area contributed by atoms with Crippen LogP contribution in [0.4, 0.5) is 13.2 Å². The molecule has 7 heteroatoms. The number of hydrazine groups is 1. The highest BCUT2D eigenvalue weighted by Gasteiger charge is 2.64. The van der Waals surface area contributed by atoms with Crippen LogP contribution in [0.1, 0.15) is 26.2 Å². The average Bonchev–Trinajstić information content (AvgIpc) is 2.92. The van der Waals surface area contributed by atoms with Gasteiger partial charge in [0.05, 0.1) is 0 Å². The molecule has 1 fully saturated rings. The summed E-state index contributed by atoms with van der Waals surface area (Å²) in [5, 5.41) is 2.32. The Kier molecular flexibility index (Phi) is 3.43. The van der Waals surface area contributed by atoms with E-state index < -0.39 is 11.7 Å². The quantitative estimate of drug-likeness (QED) is 0.289. The lowest BCUT2D eigenvalue weighted by molar-refractivity contribution is -0.161. The first kappa shape index (κ1) is 12.1. The topological polar surface area (TPSA) is 62.4 Å². The molecule has 0 aromatic rings. The first-order chi connectivity index (χ1) is 6.95. The van der Waals surface area contributed by atoms with Crippen molar-refractivity contribution in [1.29, 1.82) is 0 Å². The Bertz CT molecular complexity index is 245. The smallest absolute Gasteiger partial charge is 0.341 e. The summed E-state index contributed by atoms with van der Waals surface area (Å²) in [6.07, 6.45) is -3.35. The van der Waals surface area contributed by atoms with Crippen LogP contribution in [-0.2, 0) is 0 Å². The molecule has 88 valence electrons. The summed E-state index contributed by atoms with van der Waals surface area (Å²) in [7, 11) is 0. The van der Waals surface area contributed by atoms with Crippen molar-refractivity contribution in [3.8, 4) is 0 Å². The van der Waals surface area contributed by atoms with Gasteiger partial charge < -0.3 is 5.32 Å². The van der Waals surface area contributed by atoms with Crippen molar-refractivity contribution in [2.45, 2.75) is 37.9 Å². The van der Waals surface area contributed by atoms with Crippen LogP contribution in [0.2, 0.25) is 0 Å². The Morgan fingerprint density at radius 1 is 1.47 bits per heavy atom. The second kappa shape index (κ2) is 4.26. The number of hydrogen-bond donors (Lipinski definition) is 3. The number of halogens is 3. The van der Waals surface area contributed by atoms with Crippen LogP contribution in [0.5, 0.6) is 0 Å². The molecule has 0 aromatic carbocycles. The first-order valence-corrected chi connectivity index (χ1v) is 4.81. The zero-order valence-corrected chi connectivity index (χ0v) is 8.49. The van der Waals surface area contributed by atoms with Gasteiger partial charge in [-0.3, -0.25) is 10.4 Å². The fourth-order valence-electron chi connectivity index (χ4n) is 1.18. The summed E-state index contributed by atoms with van der Waals surface area (Å²) >= 11 is 0. The van der Waals surface area contributed by atoms with Crippen LogP contribution in [0, 0.1) is 0 Å². The van der Waals surface area contributed by atoms with E-state index in [0.717, 1.165) is 6.42 Å². The summed E-state index contributed by atoms with van der Waals surface area (Å²) in [6, 6.07) is 0. The fourth-order valence-corrected chi connectivity index (χ4v) is 1.18. The highest BCUT2D eigenvalue weighted by Crippen LogP contribution is 2.48. The van der Waals surface area contributed by atoms with Gasteiger partial charge in [0.25, 0.3) is 0 Å². The maximum atomic E-state index is 12.5. The number of nitrogens with zero attached hydrogens (tertiary/aromatic N) is 1. The van der Waals surface area contributed by atoms with E-state index in [2.05, 4.69) is 15.7 Å². The van der Waals surface area contributed by atoms with Crippen LogP contribution in [-0.4, -0.2) is 24.2 Å². The van der Waals surface area contributed by atoms with Gasteiger partial charge in [-0.25, -0.2) is 5.84 Å². The van der Waals surface area contributed by atoms with Gasteiger partial charge in [-0.2, -0.15) is 13.2 Å². The minimum Gasteiger partial charge on any atom is -0.341 e. The fraction of sp³-hybridized carbons (Fsp3) is 0.875. The van der Waals surface area contributed by atoms with Gasteiger partial charge in [-0.15, -0.1) is 0 Å². The van der Waals surface area contributed by atoms with Crippen LogP contribution >= 0.6 is 0 Å². The Balaban J connectivity index is 2.60. The van der Waals surface area contributed by atoms with E-state index in [4.69, 9.17) is 5.84 Å². The van der Waals surface area contributed by atoms with Crippen molar-refractivity contribution >= 4 is 5.96 Å². The van der Waals surface area contributed by atoms with E-state index in [1.807, 2.05) is 6.92 Å². The molecule has 1 saturated carbocycles. The molecular weight excluding hydrogens is 209 g/mol. The molecule has 4 N–H and O–H groups in total. The highest BCUT2D eigenvalue weighted by atomic mass is 19.4. The maximum Gasteiger partial charge on any atom is 0.411 e. The van der Waals surface area contributed by atoms with Crippen LogP contribution < -0.4 is 16.6 Å². The largest absolute Gasteiger partial charge is 0.411 e. The number of alkyl halides is 3. The SMILES string of the molecule is CCCN=C(NN)NC1(C(F)(F)F)CC1. The van der Waals surface area contributed by atoms with Gasteiger partial charge in [0, 0.05) is 6.54 Å². The third kappa shape index (κ3) is 2.74. The first-order valence-electron chi connectivity index (χ1n) is 4.81. The van der Waals surface area contributed by atoms with E-state index >= 15 is 0 Å². The second-order valence-corrected chi connectivity index (χ2v) is 3.58. The van der Waals surface area contributed by atoms with Gasteiger partial charge in [0.1, 0.15) is 5.54 Å². The Morgan fingerprint density at radius 2 is 2.07 bits per heavy atom. The molecular formula is C8H15F3N4. The number of nitrogens with two attached hydrogens (primary N) is 1. The molecule has 4 nitrogen and oxygen atoms in total. The number of guanidine groups is 1. The second-order valence-electron chi connectivity index (χ2n) is 3.58. The predicted octanol–water partition coefficient (Wildman–Crippen LogP) is 0.900. The summed E-state index contributed by atoms with van der Waals surface area (Å²) in [4.78, 5) is 3.87.